The van der Waals surface area contributed by atoms with Crippen LogP contribution < -0.4 is 14.8 Å². The molecule has 13 nitrogen and oxygen atoms in total. The van der Waals surface area contributed by atoms with Crippen molar-refractivity contribution in [2.24, 2.45) is 5.41 Å². The van der Waals surface area contributed by atoms with Gasteiger partial charge in [0.2, 0.25) is 11.8 Å². The molecule has 9 rings (SSSR count). The lowest BCUT2D eigenvalue weighted by Gasteiger charge is -2.46. The van der Waals surface area contributed by atoms with Gasteiger partial charge in [0.05, 0.1) is 52.4 Å². The van der Waals surface area contributed by atoms with Crippen LogP contribution in [0.15, 0.2) is 101 Å². The number of β-amino-alcohol motifs (C(OH)–C–C–N with tert-alkyl or cyclic N) is 1. The summed E-state index contributed by atoms with van der Waals surface area (Å²) < 4.78 is 20.6. The van der Waals surface area contributed by atoms with E-state index in [2.05, 4.69) is 48.2 Å². The third-order valence-electron chi connectivity index (χ3n) is 13.8. The number of nitrogens with one attached hydrogen (secondary N) is 1. The van der Waals surface area contributed by atoms with Crippen LogP contribution in [0.25, 0.3) is 31.0 Å². The number of ether oxygens (including phenoxy) is 3. The third kappa shape index (κ3) is 12.4. The van der Waals surface area contributed by atoms with Crippen molar-refractivity contribution in [2.75, 3.05) is 52.5 Å². The van der Waals surface area contributed by atoms with Crippen molar-refractivity contribution in [1.29, 1.82) is 0 Å². The lowest BCUT2D eigenvalue weighted by molar-refractivity contribution is -0.143. The number of aromatic hydroxyl groups is 1. The molecule has 0 bridgehead atoms. The number of ketones is 1. The van der Waals surface area contributed by atoms with Crippen LogP contribution in [0.2, 0.25) is 0 Å². The first-order chi connectivity index (χ1) is 34.1. The predicted octanol–water partition coefficient (Wildman–Crippen LogP) is 9.50. The minimum Gasteiger partial charge on any atom is -0.508 e. The van der Waals surface area contributed by atoms with Crippen LogP contribution in [-0.4, -0.2) is 130 Å². The molecule has 3 aliphatic rings. The van der Waals surface area contributed by atoms with Crippen LogP contribution >= 0.6 is 38.6 Å². The number of hydrogen-bond donors (Lipinski definition) is 3. The smallest absolute Gasteiger partial charge is 0.246 e. The monoisotopic (exact) mass is 1060 g/mol. The number of amides is 2. The van der Waals surface area contributed by atoms with E-state index >= 15 is 0 Å². The molecule has 4 aromatic carbocycles. The number of carbonyl (C=O) groups excluding carboxylic acids is 3. The van der Waals surface area contributed by atoms with Crippen molar-refractivity contribution in [1.82, 2.24) is 25.0 Å². The Hall–Kier alpha value is -5.20. The summed E-state index contributed by atoms with van der Waals surface area (Å²) in [6, 6.07) is 28.0. The van der Waals surface area contributed by atoms with Gasteiger partial charge in [-0.1, -0.05) is 73.1 Å². The maximum Gasteiger partial charge on any atom is 0.246 e. The Labute approximate surface area is 431 Å². The first kappa shape index (κ1) is 50.7. The molecule has 16 heteroatoms. The standard InChI is InChI=1S/C55H62BrN5O8S2/c1-34-51(70-33-57-34)36-8-5-35(6-9-36)7-20-47(64)46-27-41(63)29-61(46)54(66)53(55(2,3)4)58-49(65)32-59-23-21-39(22-24-59)60-30-44(31-60)68-26-25-67-42-15-17-43(18-16-42)69-50-45-19-14-40(62)28-48(45)71-52(50)37-10-12-38(56)13-11-37/h5-6,8-19,28,33,39,41,44,46,53,62-63H,7,20-27,29-32H2,1-4H3,(H,58,65)/t41-,46+,53-/m1/s1. The van der Waals surface area contributed by atoms with E-state index < -0.39 is 23.6 Å². The van der Waals surface area contributed by atoms with Gasteiger partial charge in [0, 0.05) is 66.2 Å². The number of halogens is 1. The third-order valence-corrected chi connectivity index (χ3v) is 16.5. The lowest BCUT2D eigenvalue weighted by atomic mass is 9.85. The lowest BCUT2D eigenvalue weighted by Crippen LogP contribution is -2.60. The number of thiophene rings is 1. The Balaban J connectivity index is 0.680. The van der Waals surface area contributed by atoms with Gasteiger partial charge in [-0.15, -0.1) is 22.7 Å². The summed E-state index contributed by atoms with van der Waals surface area (Å²) in [5.74, 6) is 1.73. The molecule has 2 aromatic heterocycles. The van der Waals surface area contributed by atoms with Gasteiger partial charge in [-0.2, -0.15) is 0 Å². The summed E-state index contributed by atoms with van der Waals surface area (Å²) in [5, 5.41) is 24.8. The van der Waals surface area contributed by atoms with E-state index in [9.17, 15) is 24.6 Å². The van der Waals surface area contributed by atoms with Gasteiger partial charge in [-0.25, -0.2) is 4.98 Å². The molecular formula is C55H62BrN5O8S2. The summed E-state index contributed by atoms with van der Waals surface area (Å²) in [4.78, 5) is 54.0. The molecule has 3 N–H and O–H groups in total. The Bertz CT molecular complexity index is 2800. The zero-order chi connectivity index (χ0) is 49.8. The number of Topliss-reactive ketones (excluding diaryl/α,β-unsaturated/α-hetero) is 1. The summed E-state index contributed by atoms with van der Waals surface area (Å²) in [5.41, 5.74) is 5.35. The SMILES string of the molecule is Cc1ncsc1-c1ccc(CCC(=O)[C@@H]2C[C@@H](O)CN2C(=O)[C@@H](NC(=O)CN2CCC(N3CC(OCCOc4ccc(Oc5c(-c6ccc(Br)cc6)sc6cc(O)ccc56)cc4)C3)CC2)C(C)(C)C)cc1. The fourth-order valence-corrected chi connectivity index (χ4v) is 12.0. The fraction of sp³-hybridized carbons (Fsp3) is 0.418. The summed E-state index contributed by atoms with van der Waals surface area (Å²) >= 11 is 6.70. The van der Waals surface area contributed by atoms with E-state index in [1.54, 1.807) is 34.8 Å². The Morgan fingerprint density at radius 3 is 2.27 bits per heavy atom. The van der Waals surface area contributed by atoms with Gasteiger partial charge in [0.25, 0.3) is 0 Å². The molecule has 0 spiro atoms. The number of aliphatic hydroxyl groups excluding tert-OH is 1. The summed E-state index contributed by atoms with van der Waals surface area (Å²) in [6.07, 6.45) is 2.19. The van der Waals surface area contributed by atoms with Crippen molar-refractivity contribution in [3.8, 4) is 43.9 Å². The first-order valence-electron chi connectivity index (χ1n) is 24.5. The zero-order valence-electron chi connectivity index (χ0n) is 40.6. The molecule has 0 aliphatic carbocycles. The zero-order valence-corrected chi connectivity index (χ0v) is 43.9. The van der Waals surface area contributed by atoms with Gasteiger partial charge in [-0.3, -0.25) is 24.2 Å². The Kier molecular flexibility index (Phi) is 15.9. The number of thiazole rings is 1. The molecule has 0 unspecified atom stereocenters. The normalized spacial score (nSPS) is 18.6. The highest BCUT2D eigenvalue weighted by molar-refractivity contribution is 9.10. The molecule has 3 fully saturated rings. The molecule has 3 aliphatic heterocycles. The maximum absolute atomic E-state index is 14.2. The number of nitrogens with zero attached hydrogens (tertiary/aromatic N) is 4. The van der Waals surface area contributed by atoms with E-state index in [-0.39, 0.29) is 55.4 Å². The highest BCUT2D eigenvalue weighted by Crippen LogP contribution is 2.47. The van der Waals surface area contributed by atoms with E-state index in [0.717, 1.165) is 97.2 Å². The van der Waals surface area contributed by atoms with Crippen molar-refractivity contribution < 1.29 is 38.8 Å². The van der Waals surface area contributed by atoms with E-state index in [1.165, 1.54) is 4.90 Å². The number of fused-ring (bicyclic) bond motifs is 1. The summed E-state index contributed by atoms with van der Waals surface area (Å²) in [6.45, 7) is 12.2. The number of likely N-dealkylation sites (tertiary alicyclic amines) is 3. The number of aliphatic hydroxyl groups is 1. The highest BCUT2D eigenvalue weighted by atomic mass is 79.9. The largest absolute Gasteiger partial charge is 0.508 e. The van der Waals surface area contributed by atoms with Crippen LogP contribution in [0.5, 0.6) is 23.0 Å². The number of phenols is 1. The number of benzene rings is 4. The number of hydrogen-bond acceptors (Lipinski definition) is 13. The van der Waals surface area contributed by atoms with Gasteiger partial charge in [0.15, 0.2) is 11.5 Å². The quantitative estimate of drug-likeness (QED) is 0.0706. The van der Waals surface area contributed by atoms with Crippen LogP contribution in [-0.2, 0) is 25.5 Å². The second-order valence-corrected chi connectivity index (χ2v) is 22.8. The molecule has 5 heterocycles. The molecule has 0 radical (unpaired) electrons. The average Bonchev–Trinajstić information content (AvgIpc) is 4.06. The summed E-state index contributed by atoms with van der Waals surface area (Å²) in [7, 11) is 0. The van der Waals surface area contributed by atoms with E-state index in [4.69, 9.17) is 14.2 Å². The number of phenolic OH excluding ortho intramolecular Hbond substituents is 1. The second kappa shape index (κ2) is 22.3. The van der Waals surface area contributed by atoms with Crippen molar-refractivity contribution in [3.05, 3.63) is 112 Å². The average molecular weight is 1070 g/mol. The van der Waals surface area contributed by atoms with Crippen LogP contribution in [0.3, 0.4) is 0 Å². The molecule has 3 atom stereocenters. The number of rotatable bonds is 18. The Morgan fingerprint density at radius 1 is 0.887 bits per heavy atom. The number of aromatic nitrogens is 1. The van der Waals surface area contributed by atoms with Crippen LogP contribution in [0.4, 0.5) is 0 Å². The molecule has 0 saturated carbocycles. The van der Waals surface area contributed by atoms with E-state index in [0.29, 0.717) is 31.4 Å². The van der Waals surface area contributed by atoms with Gasteiger partial charge < -0.3 is 34.6 Å². The molecule has 6 aromatic rings. The fourth-order valence-electron chi connectivity index (χ4n) is 9.79. The Morgan fingerprint density at radius 2 is 1.58 bits per heavy atom. The van der Waals surface area contributed by atoms with Crippen molar-refractivity contribution in [2.45, 2.75) is 90.1 Å². The predicted molar refractivity (Wildman–Crippen MR) is 283 cm³/mol. The molecular weight excluding hydrogens is 1000 g/mol. The van der Waals surface area contributed by atoms with Crippen LogP contribution in [0, 0.1) is 12.3 Å². The van der Waals surface area contributed by atoms with Crippen LogP contribution in [0.1, 0.15) is 57.7 Å². The highest BCUT2D eigenvalue weighted by Gasteiger charge is 2.44. The van der Waals surface area contributed by atoms with Crippen molar-refractivity contribution in [3.63, 3.8) is 0 Å². The minimum absolute atomic E-state index is 0.0645. The van der Waals surface area contributed by atoms with Gasteiger partial charge in [0.1, 0.15) is 29.9 Å². The minimum atomic E-state index is -0.854. The van der Waals surface area contributed by atoms with Gasteiger partial charge in [-0.05, 0) is 103 Å². The number of aryl methyl sites for hydroxylation is 2. The molecule has 2 amide bonds. The number of piperidine rings is 1. The topological polar surface area (TPSA) is 154 Å². The first-order valence-corrected chi connectivity index (χ1v) is 26.9. The molecule has 3 saturated heterocycles. The molecule has 71 heavy (non-hydrogen) atoms. The van der Waals surface area contributed by atoms with Crippen molar-refractivity contribution >= 4 is 66.3 Å². The number of carbonyl (C=O) groups is 3. The maximum atomic E-state index is 14.2. The molecule has 374 valence electrons. The van der Waals surface area contributed by atoms with Gasteiger partial charge >= 0.3 is 0 Å². The van der Waals surface area contributed by atoms with E-state index in [1.807, 2.05) is 99.9 Å². The second-order valence-electron chi connectivity index (χ2n) is 20.0.